The summed E-state index contributed by atoms with van der Waals surface area (Å²) in [6.07, 6.45) is 1.45. The van der Waals surface area contributed by atoms with Crippen LogP contribution in [0.2, 0.25) is 0 Å². The number of carbonyl (C=O) groups excluding carboxylic acids is 3. The van der Waals surface area contributed by atoms with Crippen LogP contribution in [0.1, 0.15) is 37.0 Å². The van der Waals surface area contributed by atoms with Crippen LogP contribution in [-0.2, 0) is 14.3 Å². The van der Waals surface area contributed by atoms with E-state index in [1.165, 1.54) is 14.0 Å². The second-order valence-electron chi connectivity index (χ2n) is 5.94. The zero-order chi connectivity index (χ0) is 18.4. The molecule has 2 rings (SSSR count). The molecule has 7 nitrogen and oxygen atoms in total. The zero-order valence-corrected chi connectivity index (χ0v) is 14.8. The predicted molar refractivity (Wildman–Crippen MR) is 92.6 cm³/mol. The number of methoxy groups -OCH3 is 1. The molecule has 136 valence electrons. The van der Waals surface area contributed by atoms with Crippen molar-refractivity contribution in [3.8, 4) is 5.75 Å². The molecule has 1 aromatic rings. The Labute approximate surface area is 147 Å². The van der Waals surface area contributed by atoms with E-state index in [0.717, 1.165) is 6.42 Å². The molecule has 7 heteroatoms. The summed E-state index contributed by atoms with van der Waals surface area (Å²) >= 11 is 0. The Hall–Kier alpha value is -2.57. The Morgan fingerprint density at radius 3 is 2.72 bits per heavy atom. The minimum absolute atomic E-state index is 0.219. The molecule has 1 aliphatic heterocycles. The van der Waals surface area contributed by atoms with Gasteiger partial charge >= 0.3 is 5.97 Å². The summed E-state index contributed by atoms with van der Waals surface area (Å²) in [5, 5.41) is 2.66. The van der Waals surface area contributed by atoms with Gasteiger partial charge in [-0.3, -0.25) is 14.4 Å². The first-order valence-electron chi connectivity index (χ1n) is 8.37. The van der Waals surface area contributed by atoms with Crippen molar-refractivity contribution >= 4 is 23.5 Å². The van der Waals surface area contributed by atoms with Gasteiger partial charge in [0.25, 0.3) is 5.91 Å². The van der Waals surface area contributed by atoms with E-state index in [-0.39, 0.29) is 23.7 Å². The van der Waals surface area contributed by atoms with Crippen LogP contribution in [0.3, 0.4) is 0 Å². The van der Waals surface area contributed by atoms with Crippen LogP contribution in [-0.4, -0.2) is 49.5 Å². The number of nitrogens with zero attached hydrogens (tertiary/aromatic N) is 1. The number of rotatable bonds is 5. The van der Waals surface area contributed by atoms with Crippen molar-refractivity contribution in [2.45, 2.75) is 26.7 Å². The van der Waals surface area contributed by atoms with Crippen LogP contribution in [0.25, 0.3) is 0 Å². The highest BCUT2D eigenvalue weighted by Gasteiger charge is 2.31. The number of carbonyl (C=O) groups is 3. The third kappa shape index (κ3) is 4.71. The van der Waals surface area contributed by atoms with Gasteiger partial charge in [0.2, 0.25) is 5.91 Å². The Bertz CT molecular complexity index is 659. The zero-order valence-electron chi connectivity index (χ0n) is 14.8. The van der Waals surface area contributed by atoms with E-state index in [0.29, 0.717) is 43.1 Å². The SMILES string of the molecule is CCOC(=O)C1CCCN(C(=O)c2cc(NC(C)=O)ccc2OC)C1. The lowest BCUT2D eigenvalue weighted by Crippen LogP contribution is -2.43. The van der Waals surface area contributed by atoms with Crippen LogP contribution in [0, 0.1) is 5.92 Å². The Kier molecular flexibility index (Phi) is 6.38. The van der Waals surface area contributed by atoms with Crippen LogP contribution >= 0.6 is 0 Å². The number of likely N-dealkylation sites (tertiary alicyclic amines) is 1. The number of nitrogens with one attached hydrogen (secondary N) is 1. The number of ether oxygens (including phenoxy) is 2. The van der Waals surface area contributed by atoms with Gasteiger partial charge in [-0.15, -0.1) is 0 Å². The molecule has 1 saturated heterocycles. The van der Waals surface area contributed by atoms with Crippen molar-refractivity contribution in [1.29, 1.82) is 0 Å². The summed E-state index contributed by atoms with van der Waals surface area (Å²) in [5.74, 6) is -0.583. The number of benzene rings is 1. The first-order chi connectivity index (χ1) is 12.0. The summed E-state index contributed by atoms with van der Waals surface area (Å²) in [6.45, 7) is 4.39. The van der Waals surface area contributed by atoms with Gasteiger partial charge in [0.05, 0.1) is 25.2 Å². The van der Waals surface area contributed by atoms with Crippen LogP contribution < -0.4 is 10.1 Å². The van der Waals surface area contributed by atoms with E-state index >= 15 is 0 Å². The van der Waals surface area contributed by atoms with Crippen molar-refractivity contribution in [3.63, 3.8) is 0 Å². The standard InChI is InChI=1S/C18H24N2O5/c1-4-25-18(23)13-6-5-9-20(11-13)17(22)15-10-14(19-12(2)21)7-8-16(15)24-3/h7-8,10,13H,4-6,9,11H2,1-3H3,(H,19,21). The molecule has 0 aliphatic carbocycles. The molecule has 0 radical (unpaired) electrons. The normalized spacial score (nSPS) is 16.9. The van der Waals surface area contributed by atoms with Crippen molar-refractivity contribution in [1.82, 2.24) is 4.90 Å². The van der Waals surface area contributed by atoms with E-state index in [1.54, 1.807) is 30.0 Å². The second-order valence-corrected chi connectivity index (χ2v) is 5.94. The van der Waals surface area contributed by atoms with E-state index in [2.05, 4.69) is 5.32 Å². The molecule has 0 aromatic heterocycles. The van der Waals surface area contributed by atoms with Gasteiger partial charge in [-0.25, -0.2) is 0 Å². The number of hydrogen-bond acceptors (Lipinski definition) is 5. The minimum Gasteiger partial charge on any atom is -0.496 e. The van der Waals surface area contributed by atoms with Gasteiger partial charge in [-0.1, -0.05) is 0 Å². The molecule has 25 heavy (non-hydrogen) atoms. The lowest BCUT2D eigenvalue weighted by molar-refractivity contribution is -0.149. The minimum atomic E-state index is -0.304. The molecular formula is C18H24N2O5. The van der Waals surface area contributed by atoms with E-state index in [1.807, 2.05) is 0 Å². The lowest BCUT2D eigenvalue weighted by Gasteiger charge is -2.32. The van der Waals surface area contributed by atoms with E-state index in [9.17, 15) is 14.4 Å². The molecule has 1 atom stereocenters. The smallest absolute Gasteiger partial charge is 0.310 e. The molecule has 1 fully saturated rings. The molecule has 0 bridgehead atoms. The average Bonchev–Trinajstić information content (AvgIpc) is 2.61. The highest BCUT2D eigenvalue weighted by Crippen LogP contribution is 2.27. The maximum atomic E-state index is 12.9. The molecule has 1 unspecified atom stereocenters. The van der Waals surface area contributed by atoms with Crippen molar-refractivity contribution < 1.29 is 23.9 Å². The quantitative estimate of drug-likeness (QED) is 0.824. The number of anilines is 1. The van der Waals surface area contributed by atoms with Gasteiger partial charge in [0.1, 0.15) is 5.75 Å². The number of piperidine rings is 1. The van der Waals surface area contributed by atoms with Crippen molar-refractivity contribution in [2.24, 2.45) is 5.92 Å². The highest BCUT2D eigenvalue weighted by atomic mass is 16.5. The van der Waals surface area contributed by atoms with Gasteiger partial charge in [-0.05, 0) is 38.0 Å². The monoisotopic (exact) mass is 348 g/mol. The second kappa shape index (κ2) is 8.50. The fraction of sp³-hybridized carbons (Fsp3) is 0.500. The predicted octanol–water partition coefficient (Wildman–Crippen LogP) is 2.07. The molecular weight excluding hydrogens is 324 g/mol. The maximum Gasteiger partial charge on any atom is 0.310 e. The fourth-order valence-electron chi connectivity index (χ4n) is 2.94. The number of hydrogen-bond donors (Lipinski definition) is 1. The third-order valence-electron chi connectivity index (χ3n) is 4.08. The van der Waals surface area contributed by atoms with Crippen molar-refractivity contribution in [2.75, 3.05) is 32.1 Å². The molecule has 1 N–H and O–H groups in total. The summed E-state index contributed by atoms with van der Waals surface area (Å²) in [7, 11) is 1.49. The Morgan fingerprint density at radius 2 is 2.08 bits per heavy atom. The number of amides is 2. The molecule has 1 heterocycles. The van der Waals surface area contributed by atoms with Gasteiger partial charge < -0.3 is 19.7 Å². The molecule has 0 saturated carbocycles. The summed E-state index contributed by atoms with van der Waals surface area (Å²) in [6, 6.07) is 4.91. The van der Waals surface area contributed by atoms with Gasteiger partial charge in [0.15, 0.2) is 0 Å². The van der Waals surface area contributed by atoms with Gasteiger partial charge in [0, 0.05) is 25.7 Å². The van der Waals surface area contributed by atoms with Crippen LogP contribution in [0.5, 0.6) is 5.75 Å². The summed E-state index contributed by atoms with van der Waals surface area (Å²) < 4.78 is 10.4. The summed E-state index contributed by atoms with van der Waals surface area (Å²) in [4.78, 5) is 37.8. The molecule has 1 aromatic carbocycles. The highest BCUT2D eigenvalue weighted by molar-refractivity contribution is 5.99. The molecule has 2 amide bonds. The molecule has 0 spiro atoms. The topological polar surface area (TPSA) is 84.9 Å². The first kappa shape index (κ1) is 18.8. The average molecular weight is 348 g/mol. The third-order valence-corrected chi connectivity index (χ3v) is 4.08. The lowest BCUT2D eigenvalue weighted by atomic mass is 9.97. The van der Waals surface area contributed by atoms with Crippen LogP contribution in [0.15, 0.2) is 18.2 Å². The number of esters is 1. The maximum absolute atomic E-state index is 12.9. The molecule has 1 aliphatic rings. The van der Waals surface area contributed by atoms with Crippen LogP contribution in [0.4, 0.5) is 5.69 Å². The Balaban J connectivity index is 2.20. The largest absolute Gasteiger partial charge is 0.496 e. The van der Waals surface area contributed by atoms with Crippen molar-refractivity contribution in [3.05, 3.63) is 23.8 Å². The van der Waals surface area contributed by atoms with Gasteiger partial charge in [-0.2, -0.15) is 0 Å². The first-order valence-corrected chi connectivity index (χ1v) is 8.37. The van der Waals surface area contributed by atoms with E-state index in [4.69, 9.17) is 9.47 Å². The van der Waals surface area contributed by atoms with E-state index < -0.39 is 0 Å². The summed E-state index contributed by atoms with van der Waals surface area (Å²) in [5.41, 5.74) is 0.883. The Morgan fingerprint density at radius 1 is 1.32 bits per heavy atom. The fourth-order valence-corrected chi connectivity index (χ4v) is 2.94.